The molecule has 0 aliphatic carbocycles. The van der Waals surface area contributed by atoms with Crippen molar-refractivity contribution in [3.63, 3.8) is 0 Å². The normalized spacial score (nSPS) is 10.9. The third-order valence-corrected chi connectivity index (χ3v) is 3.81. The minimum Gasteiger partial charge on any atom is -0.370 e. The van der Waals surface area contributed by atoms with Crippen LogP contribution in [0.4, 0.5) is 11.6 Å². The fraction of sp³-hybridized carbons (Fsp3) is 0.750. The lowest BCUT2D eigenvalue weighted by molar-refractivity contribution is 0.523. The van der Waals surface area contributed by atoms with Gasteiger partial charge in [0, 0.05) is 19.2 Å². The van der Waals surface area contributed by atoms with Gasteiger partial charge in [-0.05, 0) is 25.5 Å². The molecule has 1 rings (SSSR count). The van der Waals surface area contributed by atoms with Gasteiger partial charge in [0.25, 0.3) is 0 Å². The molecule has 0 saturated heterocycles. The van der Waals surface area contributed by atoms with Crippen LogP contribution in [0, 0.1) is 5.92 Å². The molecule has 0 aliphatic heterocycles. The zero-order valence-corrected chi connectivity index (χ0v) is 14.7. The first kappa shape index (κ1) is 18.1. The van der Waals surface area contributed by atoms with Crippen LogP contribution in [0.2, 0.25) is 0 Å². The number of hydrogen-bond donors (Lipinski definition) is 2. The smallest absolute Gasteiger partial charge is 0.191 e. The lowest BCUT2D eigenvalue weighted by atomic mass is 10.0. The van der Waals surface area contributed by atoms with Gasteiger partial charge < -0.3 is 10.6 Å². The monoisotopic (exact) mass is 310 g/mol. The summed E-state index contributed by atoms with van der Waals surface area (Å²) in [5.41, 5.74) is 0. The molecule has 120 valence electrons. The van der Waals surface area contributed by atoms with E-state index in [0.29, 0.717) is 0 Å². The van der Waals surface area contributed by atoms with Gasteiger partial charge in [0.15, 0.2) is 5.16 Å². The van der Waals surface area contributed by atoms with Crippen LogP contribution in [-0.4, -0.2) is 29.3 Å². The Balaban J connectivity index is 2.29. The minimum absolute atomic E-state index is 0.813. The molecule has 0 spiro atoms. The van der Waals surface area contributed by atoms with Gasteiger partial charge in [0.2, 0.25) is 0 Å². The number of nitrogens with one attached hydrogen (secondary N) is 2. The minimum atomic E-state index is 0.813. The Kier molecular flexibility index (Phi) is 9.22. The molecule has 1 aromatic heterocycles. The molecule has 0 bridgehead atoms. The van der Waals surface area contributed by atoms with Crippen LogP contribution in [-0.2, 0) is 0 Å². The van der Waals surface area contributed by atoms with E-state index >= 15 is 0 Å². The van der Waals surface area contributed by atoms with Crippen LogP contribution < -0.4 is 10.6 Å². The molecule has 1 aromatic rings. The Morgan fingerprint density at radius 1 is 1.05 bits per heavy atom. The molecule has 0 aliphatic rings. The number of anilines is 2. The summed E-state index contributed by atoms with van der Waals surface area (Å²) in [4.78, 5) is 8.92. The molecule has 0 saturated carbocycles. The summed E-state index contributed by atoms with van der Waals surface area (Å²) >= 11 is 1.57. The van der Waals surface area contributed by atoms with E-state index in [1.54, 1.807) is 11.8 Å². The first-order chi connectivity index (χ1) is 10.2. The number of thioether (sulfide) groups is 1. The van der Waals surface area contributed by atoms with Crippen molar-refractivity contribution in [1.82, 2.24) is 9.97 Å². The van der Waals surface area contributed by atoms with Crippen LogP contribution >= 0.6 is 11.8 Å². The Bertz CT molecular complexity index is 396. The van der Waals surface area contributed by atoms with E-state index in [9.17, 15) is 0 Å². The van der Waals surface area contributed by atoms with Crippen molar-refractivity contribution in [2.75, 3.05) is 30.0 Å². The van der Waals surface area contributed by atoms with Crippen LogP contribution in [0.15, 0.2) is 11.2 Å². The zero-order valence-electron chi connectivity index (χ0n) is 13.9. The molecule has 4 nitrogen and oxygen atoms in total. The van der Waals surface area contributed by atoms with E-state index < -0.39 is 0 Å². The van der Waals surface area contributed by atoms with Crippen molar-refractivity contribution in [3.05, 3.63) is 6.07 Å². The number of hydrogen-bond acceptors (Lipinski definition) is 5. The lowest BCUT2D eigenvalue weighted by Gasteiger charge is -2.10. The first-order valence-electron chi connectivity index (χ1n) is 8.06. The van der Waals surface area contributed by atoms with Crippen molar-refractivity contribution in [2.24, 2.45) is 5.92 Å². The molecule has 0 atom stereocenters. The maximum absolute atomic E-state index is 4.49. The molecule has 0 amide bonds. The number of nitrogens with zero attached hydrogens (tertiary/aromatic N) is 2. The summed E-state index contributed by atoms with van der Waals surface area (Å²) in [6.07, 6.45) is 8.54. The molecule has 0 unspecified atom stereocenters. The predicted octanol–water partition coefficient (Wildman–Crippen LogP) is 4.65. The maximum atomic E-state index is 4.49. The van der Waals surface area contributed by atoms with Crippen molar-refractivity contribution in [3.8, 4) is 0 Å². The van der Waals surface area contributed by atoms with Crippen molar-refractivity contribution in [2.45, 2.75) is 58.0 Å². The third kappa shape index (κ3) is 8.15. The molecule has 0 aromatic carbocycles. The van der Waals surface area contributed by atoms with E-state index in [0.717, 1.165) is 35.8 Å². The molecule has 0 radical (unpaired) electrons. The van der Waals surface area contributed by atoms with Gasteiger partial charge in [0.05, 0.1) is 0 Å². The van der Waals surface area contributed by atoms with E-state index in [2.05, 4.69) is 41.4 Å². The first-order valence-corrected chi connectivity index (χ1v) is 9.29. The van der Waals surface area contributed by atoms with E-state index in [1.165, 1.54) is 32.1 Å². The van der Waals surface area contributed by atoms with Crippen molar-refractivity contribution in [1.29, 1.82) is 0 Å². The van der Waals surface area contributed by atoms with Gasteiger partial charge in [-0.15, -0.1) is 0 Å². The summed E-state index contributed by atoms with van der Waals surface area (Å²) in [5.74, 6) is 2.65. The summed E-state index contributed by atoms with van der Waals surface area (Å²) < 4.78 is 0. The largest absolute Gasteiger partial charge is 0.370 e. The Morgan fingerprint density at radius 2 is 1.71 bits per heavy atom. The predicted molar refractivity (Wildman–Crippen MR) is 94.4 cm³/mol. The lowest BCUT2D eigenvalue weighted by Crippen LogP contribution is -2.07. The SMILES string of the molecule is CCNc1cc(NCCCCCCC(C)C)nc(SC)n1. The molecule has 1 heterocycles. The Morgan fingerprint density at radius 3 is 2.33 bits per heavy atom. The van der Waals surface area contributed by atoms with E-state index in [-0.39, 0.29) is 0 Å². The molecular formula is C16H30N4S. The van der Waals surface area contributed by atoms with E-state index in [1.807, 2.05) is 12.3 Å². The van der Waals surface area contributed by atoms with Crippen LogP contribution in [0.1, 0.15) is 52.9 Å². The summed E-state index contributed by atoms with van der Waals surface area (Å²) in [6.45, 7) is 8.52. The van der Waals surface area contributed by atoms with Gasteiger partial charge in [-0.1, -0.05) is 51.3 Å². The highest BCUT2D eigenvalue weighted by Crippen LogP contribution is 2.17. The van der Waals surface area contributed by atoms with Gasteiger partial charge >= 0.3 is 0 Å². The molecule has 21 heavy (non-hydrogen) atoms. The molecular weight excluding hydrogens is 280 g/mol. The average molecular weight is 311 g/mol. The number of rotatable bonds is 11. The molecule has 0 fully saturated rings. The van der Waals surface area contributed by atoms with Crippen molar-refractivity contribution >= 4 is 23.4 Å². The van der Waals surface area contributed by atoms with Crippen molar-refractivity contribution < 1.29 is 0 Å². The topological polar surface area (TPSA) is 49.8 Å². The second kappa shape index (κ2) is 10.7. The second-order valence-corrected chi connectivity index (χ2v) is 6.45. The summed E-state index contributed by atoms with van der Waals surface area (Å²) in [5, 5.41) is 7.47. The van der Waals surface area contributed by atoms with Gasteiger partial charge in [-0.2, -0.15) is 0 Å². The third-order valence-electron chi connectivity index (χ3n) is 3.26. The molecule has 2 N–H and O–H groups in total. The maximum Gasteiger partial charge on any atom is 0.191 e. The highest BCUT2D eigenvalue weighted by atomic mass is 32.2. The quantitative estimate of drug-likeness (QED) is 0.354. The Labute approximate surface area is 133 Å². The Hall–Kier alpha value is -0.970. The average Bonchev–Trinajstić information content (AvgIpc) is 2.46. The van der Waals surface area contributed by atoms with E-state index in [4.69, 9.17) is 0 Å². The highest BCUT2D eigenvalue weighted by molar-refractivity contribution is 7.98. The summed E-state index contributed by atoms with van der Waals surface area (Å²) in [7, 11) is 0. The van der Waals surface area contributed by atoms with Crippen LogP contribution in [0.5, 0.6) is 0 Å². The fourth-order valence-electron chi connectivity index (χ4n) is 2.13. The number of unbranched alkanes of at least 4 members (excludes halogenated alkanes) is 3. The highest BCUT2D eigenvalue weighted by Gasteiger charge is 2.03. The van der Waals surface area contributed by atoms with Gasteiger partial charge in [0.1, 0.15) is 11.6 Å². The van der Waals surface area contributed by atoms with Gasteiger partial charge in [-0.25, -0.2) is 9.97 Å². The van der Waals surface area contributed by atoms with Crippen LogP contribution in [0.25, 0.3) is 0 Å². The molecule has 5 heteroatoms. The standard InChI is InChI=1S/C16H30N4S/c1-5-17-14-12-15(20-16(19-14)21-4)18-11-9-7-6-8-10-13(2)3/h12-13H,5-11H2,1-4H3,(H2,17,18,19,20). The fourth-order valence-corrected chi connectivity index (χ4v) is 2.51. The second-order valence-electron chi connectivity index (χ2n) is 5.68. The zero-order chi connectivity index (χ0) is 15.5. The van der Waals surface area contributed by atoms with Crippen LogP contribution in [0.3, 0.4) is 0 Å². The number of aromatic nitrogens is 2. The van der Waals surface area contributed by atoms with Gasteiger partial charge in [-0.3, -0.25) is 0 Å². The summed E-state index contributed by atoms with van der Waals surface area (Å²) in [6, 6.07) is 1.99.